The molecule has 0 aromatic heterocycles. The minimum Gasteiger partial charge on any atom is -0.353 e. The van der Waals surface area contributed by atoms with E-state index >= 15 is 0 Å². The fourth-order valence-corrected chi connectivity index (χ4v) is 1.21. The fourth-order valence-electron chi connectivity index (χ4n) is 1.21. The van der Waals surface area contributed by atoms with E-state index in [9.17, 15) is 0 Å². The van der Waals surface area contributed by atoms with Gasteiger partial charge in [0.25, 0.3) is 0 Å². The molecule has 2 rings (SSSR count). The smallest absolute Gasteiger partial charge is 0.188 e. The van der Waals surface area contributed by atoms with Crippen LogP contribution in [0.5, 0.6) is 0 Å². The van der Waals surface area contributed by atoms with Gasteiger partial charge in [-0.1, -0.05) is 42.5 Å². The maximum atomic E-state index is 5.18. The van der Waals surface area contributed by atoms with E-state index in [0.717, 1.165) is 0 Å². The number of benzene rings is 1. The second-order valence-corrected chi connectivity index (χ2v) is 2.97. The predicted molar refractivity (Wildman–Crippen MR) is 51.1 cm³/mol. The van der Waals surface area contributed by atoms with E-state index in [4.69, 9.17) is 9.47 Å². The summed E-state index contributed by atoms with van der Waals surface area (Å²) < 4.78 is 10.2. The summed E-state index contributed by atoms with van der Waals surface area (Å²) in [4.78, 5) is 0. The van der Waals surface area contributed by atoms with E-state index < -0.39 is 0 Å². The summed E-state index contributed by atoms with van der Waals surface area (Å²) in [5.74, 6) is 0. The van der Waals surface area contributed by atoms with Gasteiger partial charge in [0.2, 0.25) is 0 Å². The Kier molecular flexibility index (Phi) is 2.43. The number of hydrogen-bond acceptors (Lipinski definition) is 2. The van der Waals surface area contributed by atoms with Gasteiger partial charge >= 0.3 is 0 Å². The molecular formula is C11H12O2. The van der Waals surface area contributed by atoms with Gasteiger partial charge in [0.1, 0.15) is 6.10 Å². The molecule has 0 bridgehead atoms. The summed E-state index contributed by atoms with van der Waals surface area (Å²) in [5.41, 5.74) is 1.19. The Morgan fingerprint density at radius 2 is 2.08 bits per heavy atom. The number of ether oxygens (including phenoxy) is 2. The van der Waals surface area contributed by atoms with Crippen molar-refractivity contribution in [2.75, 3.05) is 7.11 Å². The van der Waals surface area contributed by atoms with Crippen molar-refractivity contribution < 1.29 is 9.47 Å². The molecular weight excluding hydrogens is 164 g/mol. The van der Waals surface area contributed by atoms with Crippen LogP contribution in [0.2, 0.25) is 0 Å². The largest absolute Gasteiger partial charge is 0.353 e. The summed E-state index contributed by atoms with van der Waals surface area (Å²) >= 11 is 0. The minimum absolute atomic E-state index is 0.0278. The molecule has 1 saturated heterocycles. The van der Waals surface area contributed by atoms with E-state index in [2.05, 4.69) is 12.1 Å². The second-order valence-electron chi connectivity index (χ2n) is 2.97. The van der Waals surface area contributed by atoms with Crippen LogP contribution in [-0.4, -0.2) is 19.5 Å². The molecule has 1 heterocycles. The third kappa shape index (κ3) is 2.17. The highest BCUT2D eigenvalue weighted by Gasteiger charge is 2.36. The third-order valence-electron chi connectivity index (χ3n) is 1.99. The van der Waals surface area contributed by atoms with Crippen LogP contribution >= 0.6 is 0 Å². The zero-order valence-corrected chi connectivity index (χ0v) is 7.51. The molecule has 0 spiro atoms. The standard InChI is InChI=1S/C11H12O2/c1-12-11-10(13-11)8-7-9-5-3-2-4-6-9/h2-8,10-11H,1H3/b8-7+/t10?,11-/m1/s1. The highest BCUT2D eigenvalue weighted by atomic mass is 16.8. The Bertz CT molecular complexity index is 292. The number of hydrogen-bond donors (Lipinski definition) is 0. The highest BCUT2D eigenvalue weighted by Crippen LogP contribution is 2.24. The molecule has 1 aromatic carbocycles. The Labute approximate surface area is 77.8 Å². The van der Waals surface area contributed by atoms with Crippen molar-refractivity contribution in [1.29, 1.82) is 0 Å². The van der Waals surface area contributed by atoms with Gasteiger partial charge in [0, 0.05) is 7.11 Å². The molecule has 2 heteroatoms. The zero-order valence-electron chi connectivity index (χ0n) is 7.51. The van der Waals surface area contributed by atoms with Gasteiger partial charge in [0.05, 0.1) is 0 Å². The summed E-state index contributed by atoms with van der Waals surface area (Å²) in [6, 6.07) is 10.1. The average Bonchev–Trinajstić information content (AvgIpc) is 2.95. The number of methoxy groups -OCH3 is 1. The van der Waals surface area contributed by atoms with Crippen LogP contribution in [-0.2, 0) is 9.47 Å². The van der Waals surface area contributed by atoms with Crippen molar-refractivity contribution in [3.63, 3.8) is 0 Å². The lowest BCUT2D eigenvalue weighted by atomic mass is 10.2. The lowest BCUT2D eigenvalue weighted by Gasteiger charge is -1.89. The topological polar surface area (TPSA) is 21.8 Å². The molecule has 0 aliphatic carbocycles. The molecule has 1 unspecified atom stereocenters. The van der Waals surface area contributed by atoms with E-state index in [1.165, 1.54) is 5.56 Å². The van der Waals surface area contributed by atoms with Crippen LogP contribution in [0, 0.1) is 0 Å². The Hall–Kier alpha value is -1.12. The van der Waals surface area contributed by atoms with E-state index in [1.54, 1.807) is 7.11 Å². The first-order chi connectivity index (χ1) is 6.40. The maximum absolute atomic E-state index is 5.18. The monoisotopic (exact) mass is 176 g/mol. The van der Waals surface area contributed by atoms with Crippen molar-refractivity contribution >= 4 is 6.08 Å². The summed E-state index contributed by atoms with van der Waals surface area (Å²) in [5, 5.41) is 0. The second kappa shape index (κ2) is 3.73. The first-order valence-corrected chi connectivity index (χ1v) is 4.31. The maximum Gasteiger partial charge on any atom is 0.188 e. The Morgan fingerprint density at radius 3 is 2.69 bits per heavy atom. The van der Waals surface area contributed by atoms with Crippen molar-refractivity contribution in [2.45, 2.75) is 12.4 Å². The van der Waals surface area contributed by atoms with Crippen molar-refractivity contribution in [3.8, 4) is 0 Å². The molecule has 13 heavy (non-hydrogen) atoms. The van der Waals surface area contributed by atoms with Crippen LogP contribution in [0.3, 0.4) is 0 Å². The van der Waals surface area contributed by atoms with Crippen LogP contribution in [0.15, 0.2) is 36.4 Å². The molecule has 0 saturated carbocycles. The third-order valence-corrected chi connectivity index (χ3v) is 1.99. The van der Waals surface area contributed by atoms with E-state index in [0.29, 0.717) is 0 Å². The van der Waals surface area contributed by atoms with Gasteiger partial charge in [0.15, 0.2) is 6.29 Å². The predicted octanol–water partition coefficient (Wildman–Crippen LogP) is 2.07. The van der Waals surface area contributed by atoms with E-state index in [1.807, 2.05) is 30.4 Å². The molecule has 2 atom stereocenters. The van der Waals surface area contributed by atoms with Crippen LogP contribution in [0.25, 0.3) is 6.08 Å². The van der Waals surface area contributed by atoms with Crippen LogP contribution in [0.4, 0.5) is 0 Å². The Balaban J connectivity index is 1.92. The minimum atomic E-state index is -0.0278. The zero-order chi connectivity index (χ0) is 9.10. The summed E-state index contributed by atoms with van der Waals surface area (Å²) in [7, 11) is 1.65. The van der Waals surface area contributed by atoms with Crippen molar-refractivity contribution in [3.05, 3.63) is 42.0 Å². The van der Waals surface area contributed by atoms with Gasteiger partial charge < -0.3 is 9.47 Å². The first-order valence-electron chi connectivity index (χ1n) is 4.31. The van der Waals surface area contributed by atoms with Gasteiger partial charge in [-0.3, -0.25) is 0 Å². The molecule has 1 aliphatic rings. The molecule has 68 valence electrons. The average molecular weight is 176 g/mol. The van der Waals surface area contributed by atoms with Gasteiger partial charge in [-0.2, -0.15) is 0 Å². The highest BCUT2D eigenvalue weighted by molar-refractivity contribution is 5.49. The number of rotatable bonds is 3. The molecule has 0 amide bonds. The number of epoxide rings is 1. The molecule has 2 nitrogen and oxygen atoms in total. The first kappa shape index (κ1) is 8.48. The molecule has 0 N–H and O–H groups in total. The molecule has 1 fully saturated rings. The molecule has 1 aromatic rings. The molecule has 1 aliphatic heterocycles. The normalized spacial score (nSPS) is 26.5. The van der Waals surface area contributed by atoms with E-state index in [-0.39, 0.29) is 12.4 Å². The lowest BCUT2D eigenvalue weighted by molar-refractivity contribution is 0.0950. The summed E-state index contributed by atoms with van der Waals surface area (Å²) in [6.45, 7) is 0. The van der Waals surface area contributed by atoms with Gasteiger partial charge in [-0.05, 0) is 5.56 Å². The van der Waals surface area contributed by atoms with Crippen LogP contribution in [0.1, 0.15) is 5.56 Å². The SMILES string of the molecule is CO[C@@H]1OC1/C=C/c1ccccc1. The lowest BCUT2D eigenvalue weighted by Crippen LogP contribution is -1.91. The van der Waals surface area contributed by atoms with Crippen molar-refractivity contribution in [2.24, 2.45) is 0 Å². The molecule has 0 radical (unpaired) electrons. The fraction of sp³-hybridized carbons (Fsp3) is 0.273. The quantitative estimate of drug-likeness (QED) is 0.657. The van der Waals surface area contributed by atoms with Crippen molar-refractivity contribution in [1.82, 2.24) is 0 Å². The van der Waals surface area contributed by atoms with Crippen LogP contribution < -0.4 is 0 Å². The summed E-state index contributed by atoms with van der Waals surface area (Å²) in [6.07, 6.45) is 4.18. The Morgan fingerprint density at radius 1 is 1.31 bits per heavy atom. The van der Waals surface area contributed by atoms with Gasteiger partial charge in [-0.15, -0.1) is 0 Å². The van der Waals surface area contributed by atoms with Gasteiger partial charge in [-0.25, -0.2) is 0 Å².